The third kappa shape index (κ3) is 3.08. The third-order valence-electron chi connectivity index (χ3n) is 3.05. The molecule has 1 saturated heterocycles. The molecule has 0 aromatic rings. The Hall–Kier alpha value is -0.290. The van der Waals surface area contributed by atoms with E-state index in [1.165, 1.54) is 0 Å². The van der Waals surface area contributed by atoms with Crippen molar-refractivity contribution in [2.24, 2.45) is 11.7 Å². The SMILES string of the molecule is CC1CC(C)N(C(CCN)C(F)(F)F)C1. The minimum Gasteiger partial charge on any atom is -0.330 e. The van der Waals surface area contributed by atoms with Gasteiger partial charge < -0.3 is 5.73 Å². The number of nitrogens with two attached hydrogens (primary N) is 1. The molecule has 0 saturated carbocycles. The van der Waals surface area contributed by atoms with E-state index in [0.717, 1.165) is 6.42 Å². The first-order chi connectivity index (χ1) is 6.86. The van der Waals surface area contributed by atoms with Crippen LogP contribution >= 0.6 is 0 Å². The van der Waals surface area contributed by atoms with E-state index in [4.69, 9.17) is 5.73 Å². The summed E-state index contributed by atoms with van der Waals surface area (Å²) in [6.45, 7) is 4.47. The van der Waals surface area contributed by atoms with Crippen LogP contribution in [0.4, 0.5) is 13.2 Å². The van der Waals surface area contributed by atoms with Crippen molar-refractivity contribution >= 4 is 0 Å². The lowest BCUT2D eigenvalue weighted by Crippen LogP contribution is -2.48. The molecule has 3 atom stereocenters. The molecule has 1 aliphatic heterocycles. The Labute approximate surface area is 88.6 Å². The smallest absolute Gasteiger partial charge is 0.330 e. The van der Waals surface area contributed by atoms with Crippen molar-refractivity contribution in [1.29, 1.82) is 0 Å². The summed E-state index contributed by atoms with van der Waals surface area (Å²) in [5, 5.41) is 0. The second kappa shape index (κ2) is 4.70. The quantitative estimate of drug-likeness (QED) is 0.794. The number of hydrogen-bond acceptors (Lipinski definition) is 2. The largest absolute Gasteiger partial charge is 0.404 e. The molecule has 1 heterocycles. The van der Waals surface area contributed by atoms with Gasteiger partial charge in [0.25, 0.3) is 0 Å². The van der Waals surface area contributed by atoms with Gasteiger partial charge in [-0.2, -0.15) is 13.2 Å². The van der Waals surface area contributed by atoms with Crippen molar-refractivity contribution in [2.45, 2.75) is 44.9 Å². The van der Waals surface area contributed by atoms with E-state index < -0.39 is 12.2 Å². The van der Waals surface area contributed by atoms with Gasteiger partial charge in [0.2, 0.25) is 0 Å². The average molecular weight is 224 g/mol. The van der Waals surface area contributed by atoms with E-state index in [-0.39, 0.29) is 19.0 Å². The molecular weight excluding hydrogens is 205 g/mol. The topological polar surface area (TPSA) is 29.3 Å². The van der Waals surface area contributed by atoms with E-state index in [2.05, 4.69) is 0 Å². The zero-order chi connectivity index (χ0) is 11.6. The van der Waals surface area contributed by atoms with Crippen LogP contribution in [0, 0.1) is 5.92 Å². The van der Waals surface area contributed by atoms with Gasteiger partial charge in [-0.25, -0.2) is 0 Å². The summed E-state index contributed by atoms with van der Waals surface area (Å²) >= 11 is 0. The maximum Gasteiger partial charge on any atom is 0.404 e. The molecule has 0 spiro atoms. The molecule has 2 N–H and O–H groups in total. The lowest BCUT2D eigenvalue weighted by atomic mass is 10.1. The maximum absolute atomic E-state index is 12.8. The molecule has 90 valence electrons. The molecule has 0 aromatic carbocycles. The Balaban J connectivity index is 2.72. The molecule has 15 heavy (non-hydrogen) atoms. The molecule has 0 bridgehead atoms. The first kappa shape index (κ1) is 12.8. The van der Waals surface area contributed by atoms with Crippen LogP contribution in [0.5, 0.6) is 0 Å². The van der Waals surface area contributed by atoms with E-state index in [1.807, 2.05) is 13.8 Å². The van der Waals surface area contributed by atoms with Crippen LogP contribution in [-0.2, 0) is 0 Å². The number of likely N-dealkylation sites (tertiary alicyclic amines) is 1. The molecule has 3 unspecified atom stereocenters. The van der Waals surface area contributed by atoms with Crippen LogP contribution < -0.4 is 5.73 Å². The summed E-state index contributed by atoms with van der Waals surface area (Å²) in [7, 11) is 0. The summed E-state index contributed by atoms with van der Waals surface area (Å²) < 4.78 is 38.3. The van der Waals surface area contributed by atoms with Gasteiger partial charge in [-0.15, -0.1) is 0 Å². The molecule has 5 heteroatoms. The first-order valence-corrected chi connectivity index (χ1v) is 5.38. The van der Waals surface area contributed by atoms with Gasteiger partial charge in [-0.3, -0.25) is 4.90 Å². The minimum absolute atomic E-state index is 0.000556. The highest BCUT2D eigenvalue weighted by Crippen LogP contribution is 2.33. The van der Waals surface area contributed by atoms with Crippen molar-refractivity contribution in [1.82, 2.24) is 4.90 Å². The Kier molecular flexibility index (Phi) is 4.00. The third-order valence-corrected chi connectivity index (χ3v) is 3.05. The maximum atomic E-state index is 12.8. The van der Waals surface area contributed by atoms with Crippen LogP contribution in [0.1, 0.15) is 26.7 Å². The summed E-state index contributed by atoms with van der Waals surface area (Å²) in [5.74, 6) is 0.350. The van der Waals surface area contributed by atoms with Gasteiger partial charge in [-0.05, 0) is 32.2 Å². The molecule has 1 aliphatic rings. The standard InChI is InChI=1S/C10H19F3N2/c1-7-5-8(2)15(6-7)9(3-4-14)10(11,12)13/h7-9H,3-6,14H2,1-2H3. The Morgan fingerprint density at radius 3 is 2.33 bits per heavy atom. The molecule has 1 fully saturated rings. The Morgan fingerprint density at radius 2 is 2.00 bits per heavy atom. The van der Waals surface area contributed by atoms with Gasteiger partial charge in [0.15, 0.2) is 0 Å². The van der Waals surface area contributed by atoms with Crippen LogP contribution in [0.2, 0.25) is 0 Å². The highest BCUT2D eigenvalue weighted by atomic mass is 19.4. The number of halogens is 3. The second-order valence-corrected chi connectivity index (χ2v) is 4.52. The van der Waals surface area contributed by atoms with Crippen LogP contribution in [0.15, 0.2) is 0 Å². The zero-order valence-electron chi connectivity index (χ0n) is 9.22. The number of alkyl halides is 3. The molecule has 1 rings (SSSR count). The van der Waals surface area contributed by atoms with E-state index >= 15 is 0 Å². The molecule has 0 radical (unpaired) electrons. The summed E-state index contributed by atoms with van der Waals surface area (Å²) in [6.07, 6.45) is -3.31. The van der Waals surface area contributed by atoms with Crippen LogP contribution in [-0.4, -0.2) is 36.2 Å². The van der Waals surface area contributed by atoms with Crippen molar-refractivity contribution in [3.8, 4) is 0 Å². The van der Waals surface area contributed by atoms with Gasteiger partial charge >= 0.3 is 6.18 Å². The van der Waals surface area contributed by atoms with Crippen molar-refractivity contribution in [3.63, 3.8) is 0 Å². The molecule has 0 aliphatic carbocycles. The lowest BCUT2D eigenvalue weighted by molar-refractivity contribution is -0.186. The zero-order valence-corrected chi connectivity index (χ0v) is 9.22. The van der Waals surface area contributed by atoms with Crippen molar-refractivity contribution in [2.75, 3.05) is 13.1 Å². The van der Waals surface area contributed by atoms with E-state index in [1.54, 1.807) is 4.90 Å². The highest BCUT2D eigenvalue weighted by Gasteiger charge is 2.46. The molecule has 0 aromatic heterocycles. The molecular formula is C10H19F3N2. The number of rotatable bonds is 3. The van der Waals surface area contributed by atoms with Gasteiger partial charge in [0.1, 0.15) is 6.04 Å². The fraction of sp³-hybridized carbons (Fsp3) is 1.00. The number of hydrogen-bond donors (Lipinski definition) is 1. The first-order valence-electron chi connectivity index (χ1n) is 5.38. The van der Waals surface area contributed by atoms with E-state index in [9.17, 15) is 13.2 Å². The summed E-state index contributed by atoms with van der Waals surface area (Å²) in [6, 6.07) is -1.35. The summed E-state index contributed by atoms with van der Waals surface area (Å²) in [5.41, 5.74) is 5.25. The highest BCUT2D eigenvalue weighted by molar-refractivity contribution is 4.89. The molecule has 2 nitrogen and oxygen atoms in total. The predicted molar refractivity (Wildman–Crippen MR) is 53.5 cm³/mol. The Bertz CT molecular complexity index is 205. The van der Waals surface area contributed by atoms with E-state index in [0.29, 0.717) is 12.5 Å². The normalized spacial score (nSPS) is 30.8. The van der Waals surface area contributed by atoms with Crippen LogP contribution in [0.25, 0.3) is 0 Å². The van der Waals surface area contributed by atoms with Gasteiger partial charge in [0.05, 0.1) is 0 Å². The summed E-state index contributed by atoms with van der Waals surface area (Å²) in [4.78, 5) is 1.55. The van der Waals surface area contributed by atoms with Crippen molar-refractivity contribution in [3.05, 3.63) is 0 Å². The fourth-order valence-electron chi connectivity index (χ4n) is 2.44. The Morgan fingerprint density at radius 1 is 1.40 bits per heavy atom. The minimum atomic E-state index is -4.16. The lowest BCUT2D eigenvalue weighted by Gasteiger charge is -2.32. The number of nitrogens with zero attached hydrogens (tertiary/aromatic N) is 1. The van der Waals surface area contributed by atoms with Gasteiger partial charge in [-0.1, -0.05) is 6.92 Å². The second-order valence-electron chi connectivity index (χ2n) is 4.52. The monoisotopic (exact) mass is 224 g/mol. The average Bonchev–Trinajstić information content (AvgIpc) is 2.39. The van der Waals surface area contributed by atoms with Crippen LogP contribution in [0.3, 0.4) is 0 Å². The van der Waals surface area contributed by atoms with Gasteiger partial charge in [0, 0.05) is 12.6 Å². The fourth-order valence-corrected chi connectivity index (χ4v) is 2.44. The van der Waals surface area contributed by atoms with Crippen molar-refractivity contribution < 1.29 is 13.2 Å². The molecule has 0 amide bonds. The predicted octanol–water partition coefficient (Wildman–Crippen LogP) is 2.00.